The highest BCUT2D eigenvalue weighted by atomic mass is 16.5. The van der Waals surface area contributed by atoms with E-state index in [-0.39, 0.29) is 5.91 Å². The van der Waals surface area contributed by atoms with Crippen molar-refractivity contribution in [3.63, 3.8) is 0 Å². The van der Waals surface area contributed by atoms with Crippen molar-refractivity contribution in [1.82, 2.24) is 0 Å². The number of benzene rings is 2. The Balaban J connectivity index is 1.74. The first-order valence-electron chi connectivity index (χ1n) is 9.93. The fourth-order valence-electron chi connectivity index (χ4n) is 2.83. The van der Waals surface area contributed by atoms with Crippen LogP contribution in [0.4, 0.5) is 5.69 Å². The van der Waals surface area contributed by atoms with E-state index in [4.69, 9.17) is 9.39 Å². The van der Waals surface area contributed by atoms with Crippen LogP contribution < -0.4 is 15.5 Å². The molecule has 0 aliphatic carbocycles. The highest BCUT2D eigenvalue weighted by Gasteiger charge is 2.36. The number of ether oxygens (including phenoxy) is 1. The molecule has 3 rings (SSSR count). The standard InChI is InChI=1S/C23H29BNO4/c1-14(2)15-7-9-16(10-8-15)20-21(26)25-18-13-17(11-12-19(18)28-20)24-29-23(5,6)22(3,4)27/h7-14,20,27H,1-6H3,(H,25,26). The summed E-state index contributed by atoms with van der Waals surface area (Å²) in [6, 6.07) is 13.4. The zero-order valence-corrected chi connectivity index (χ0v) is 17.9. The van der Waals surface area contributed by atoms with E-state index in [0.717, 1.165) is 11.0 Å². The van der Waals surface area contributed by atoms with Gasteiger partial charge >= 0.3 is 7.48 Å². The molecule has 1 heterocycles. The van der Waals surface area contributed by atoms with E-state index < -0.39 is 17.3 Å². The number of hydrogen-bond donors (Lipinski definition) is 2. The summed E-state index contributed by atoms with van der Waals surface area (Å²) < 4.78 is 11.8. The average Bonchev–Trinajstić information content (AvgIpc) is 2.65. The topological polar surface area (TPSA) is 67.8 Å². The van der Waals surface area contributed by atoms with Crippen molar-refractivity contribution >= 4 is 24.5 Å². The number of fused-ring (bicyclic) bond motifs is 1. The molecule has 6 heteroatoms. The molecule has 1 atom stereocenters. The van der Waals surface area contributed by atoms with Crippen LogP contribution in [0, 0.1) is 0 Å². The number of amides is 1. The summed E-state index contributed by atoms with van der Waals surface area (Å²) in [5.74, 6) is 0.843. The van der Waals surface area contributed by atoms with Gasteiger partial charge in [0, 0.05) is 5.56 Å². The van der Waals surface area contributed by atoms with Gasteiger partial charge in [-0.25, -0.2) is 0 Å². The second-order valence-electron chi connectivity index (χ2n) is 8.87. The number of carbonyl (C=O) groups excluding carboxylic acids is 1. The highest BCUT2D eigenvalue weighted by molar-refractivity contribution is 6.47. The van der Waals surface area contributed by atoms with Crippen LogP contribution in [-0.2, 0) is 9.45 Å². The number of anilines is 1. The maximum Gasteiger partial charge on any atom is 0.330 e. The van der Waals surface area contributed by atoms with Crippen molar-refractivity contribution in [2.75, 3.05) is 5.32 Å². The molecular formula is C23H29BNO4. The first-order valence-corrected chi connectivity index (χ1v) is 9.93. The lowest BCUT2D eigenvalue weighted by Crippen LogP contribution is -2.49. The Morgan fingerprint density at radius 2 is 1.76 bits per heavy atom. The average molecular weight is 394 g/mol. The number of aliphatic hydroxyl groups is 1. The molecule has 0 fully saturated rings. The summed E-state index contributed by atoms with van der Waals surface area (Å²) >= 11 is 0. The van der Waals surface area contributed by atoms with Crippen molar-refractivity contribution in [2.45, 2.75) is 64.8 Å². The molecule has 0 bridgehead atoms. The maximum absolute atomic E-state index is 12.6. The molecule has 5 nitrogen and oxygen atoms in total. The molecule has 0 saturated heterocycles. The van der Waals surface area contributed by atoms with E-state index >= 15 is 0 Å². The molecule has 153 valence electrons. The summed E-state index contributed by atoms with van der Waals surface area (Å²) in [7, 11) is 1.58. The van der Waals surface area contributed by atoms with Gasteiger partial charge in [0.25, 0.3) is 5.91 Å². The van der Waals surface area contributed by atoms with Gasteiger partial charge in [-0.1, -0.05) is 49.6 Å². The second kappa shape index (κ2) is 7.84. The van der Waals surface area contributed by atoms with E-state index in [1.54, 1.807) is 27.4 Å². The Hall–Kier alpha value is -2.31. The number of carbonyl (C=O) groups is 1. The van der Waals surface area contributed by atoms with Gasteiger partial charge in [-0.15, -0.1) is 0 Å². The summed E-state index contributed by atoms with van der Waals surface area (Å²) in [4.78, 5) is 12.6. The van der Waals surface area contributed by atoms with Crippen molar-refractivity contribution in [2.24, 2.45) is 0 Å². The molecule has 1 radical (unpaired) electrons. The molecule has 2 N–H and O–H groups in total. The van der Waals surface area contributed by atoms with Crippen molar-refractivity contribution in [1.29, 1.82) is 0 Å². The maximum atomic E-state index is 12.6. The van der Waals surface area contributed by atoms with Gasteiger partial charge in [-0.2, -0.15) is 0 Å². The molecule has 1 aliphatic rings. The van der Waals surface area contributed by atoms with Crippen LogP contribution in [0.3, 0.4) is 0 Å². The molecule has 0 saturated carbocycles. The van der Waals surface area contributed by atoms with Crippen LogP contribution in [0.25, 0.3) is 0 Å². The minimum atomic E-state index is -1.01. The van der Waals surface area contributed by atoms with Gasteiger partial charge in [0.05, 0.1) is 16.9 Å². The zero-order chi connectivity index (χ0) is 21.4. The fourth-order valence-corrected chi connectivity index (χ4v) is 2.83. The molecule has 2 aromatic carbocycles. The van der Waals surface area contributed by atoms with E-state index in [9.17, 15) is 9.90 Å². The van der Waals surface area contributed by atoms with E-state index in [1.165, 1.54) is 5.56 Å². The first kappa shape index (κ1) is 21.4. The van der Waals surface area contributed by atoms with Gasteiger partial charge in [0.2, 0.25) is 6.10 Å². The molecule has 0 aromatic heterocycles. The Kier molecular flexibility index (Phi) is 5.79. The molecule has 1 unspecified atom stereocenters. The molecule has 1 amide bonds. The van der Waals surface area contributed by atoms with Gasteiger partial charge < -0.3 is 19.8 Å². The van der Waals surface area contributed by atoms with Crippen LogP contribution in [0.5, 0.6) is 5.75 Å². The third-order valence-electron chi connectivity index (χ3n) is 5.61. The Morgan fingerprint density at radius 3 is 2.34 bits per heavy atom. The van der Waals surface area contributed by atoms with Crippen LogP contribution in [0.1, 0.15) is 64.7 Å². The smallest absolute Gasteiger partial charge is 0.330 e. The summed E-state index contributed by atoms with van der Waals surface area (Å²) in [5.41, 5.74) is 1.64. The van der Waals surface area contributed by atoms with E-state index in [2.05, 4.69) is 19.2 Å². The van der Waals surface area contributed by atoms with Crippen molar-refractivity contribution in [3.8, 4) is 5.75 Å². The van der Waals surface area contributed by atoms with Crippen LogP contribution in [0.15, 0.2) is 42.5 Å². The second-order valence-corrected chi connectivity index (χ2v) is 8.87. The van der Waals surface area contributed by atoms with Gasteiger partial charge in [-0.05, 0) is 51.3 Å². The van der Waals surface area contributed by atoms with Crippen LogP contribution >= 0.6 is 0 Å². The SMILES string of the molecule is CC(C)c1ccc(C2Oc3ccc([B]OC(C)(C)C(C)(C)O)cc3NC2=O)cc1. The lowest BCUT2D eigenvalue weighted by molar-refractivity contribution is -0.123. The minimum absolute atomic E-state index is 0.204. The van der Waals surface area contributed by atoms with Crippen molar-refractivity contribution < 1.29 is 19.3 Å². The predicted octanol–water partition coefficient (Wildman–Crippen LogP) is 3.69. The van der Waals surface area contributed by atoms with Crippen molar-refractivity contribution in [3.05, 3.63) is 53.6 Å². The molecule has 2 aromatic rings. The number of hydrogen-bond acceptors (Lipinski definition) is 4. The van der Waals surface area contributed by atoms with Crippen LogP contribution in [0.2, 0.25) is 0 Å². The summed E-state index contributed by atoms with van der Waals surface area (Å²) in [6.45, 7) is 11.3. The monoisotopic (exact) mass is 394 g/mol. The van der Waals surface area contributed by atoms with Gasteiger partial charge in [0.1, 0.15) is 5.75 Å². The fraction of sp³-hybridized carbons (Fsp3) is 0.435. The van der Waals surface area contributed by atoms with Crippen LogP contribution in [-0.4, -0.2) is 29.7 Å². The van der Waals surface area contributed by atoms with Gasteiger partial charge in [-0.3, -0.25) is 4.79 Å². The zero-order valence-electron chi connectivity index (χ0n) is 17.9. The third-order valence-corrected chi connectivity index (χ3v) is 5.61. The number of rotatable bonds is 6. The van der Waals surface area contributed by atoms with E-state index in [1.807, 2.05) is 50.2 Å². The summed E-state index contributed by atoms with van der Waals surface area (Å²) in [6.07, 6.45) is -0.677. The third kappa shape index (κ3) is 4.65. The highest BCUT2D eigenvalue weighted by Crippen LogP contribution is 2.34. The summed E-state index contributed by atoms with van der Waals surface area (Å²) in [5, 5.41) is 13.1. The molecule has 29 heavy (non-hydrogen) atoms. The molecule has 0 spiro atoms. The normalized spacial score (nSPS) is 16.8. The minimum Gasteiger partial charge on any atom is -0.474 e. The lowest BCUT2D eigenvalue weighted by Gasteiger charge is -2.37. The molecule has 1 aliphatic heterocycles. The quantitative estimate of drug-likeness (QED) is 0.734. The van der Waals surface area contributed by atoms with E-state index in [0.29, 0.717) is 17.4 Å². The largest absolute Gasteiger partial charge is 0.474 e. The Morgan fingerprint density at radius 1 is 1.10 bits per heavy atom. The van der Waals surface area contributed by atoms with Gasteiger partial charge in [0.15, 0.2) is 0 Å². The lowest BCUT2D eigenvalue weighted by atomic mass is 9.82. The Labute approximate surface area is 173 Å². The first-order chi connectivity index (χ1) is 13.5. The predicted molar refractivity (Wildman–Crippen MR) is 116 cm³/mol. The number of nitrogens with one attached hydrogen (secondary N) is 1. The Bertz CT molecular complexity index is 885. The molecular weight excluding hydrogens is 365 g/mol.